The van der Waals surface area contributed by atoms with Gasteiger partial charge in [0, 0.05) is 0 Å². The summed E-state index contributed by atoms with van der Waals surface area (Å²) in [6.45, 7) is 5.50. The minimum atomic E-state index is -5.01. The van der Waals surface area contributed by atoms with Gasteiger partial charge in [0.2, 0.25) is 0 Å². The van der Waals surface area contributed by atoms with Gasteiger partial charge in [-0.15, -0.1) is 0 Å². The normalized spacial score (nSPS) is 11.9. The third-order valence-electron chi connectivity index (χ3n) is 6.07. The minimum Gasteiger partial charge on any atom is -0.747 e. The van der Waals surface area contributed by atoms with Crippen molar-refractivity contribution in [1.29, 1.82) is 0 Å². The summed E-state index contributed by atoms with van der Waals surface area (Å²) in [6.07, 6.45) is 23.1. The average molecular weight is 541 g/mol. The van der Waals surface area contributed by atoms with Gasteiger partial charge in [-0.1, -0.05) is 129 Å². The van der Waals surface area contributed by atoms with E-state index < -0.39 is 33.7 Å². The fourth-order valence-electron chi connectivity index (χ4n) is 3.94. The van der Waals surface area contributed by atoms with Crippen LogP contribution >= 0.6 is 0 Å². The molecule has 0 heterocycles. The molecule has 9 heteroatoms. The Kier molecular flexibility index (Phi) is 27.5. The molecule has 0 spiro atoms. The summed E-state index contributed by atoms with van der Waals surface area (Å²) < 4.78 is 43.3. The molecule has 1 unspecified atom stereocenters. The second kappa shape index (κ2) is 26.2. The van der Waals surface area contributed by atoms with E-state index in [1.807, 2.05) is 0 Å². The van der Waals surface area contributed by atoms with Crippen LogP contribution in [0.4, 0.5) is 0 Å². The predicted octanol–water partition coefficient (Wildman–Crippen LogP) is 3.61. The van der Waals surface area contributed by atoms with Gasteiger partial charge in [0.15, 0.2) is 5.25 Å². The number of carbonyl (C=O) groups excluding carboxylic acids is 2. The van der Waals surface area contributed by atoms with Crippen molar-refractivity contribution in [2.75, 3.05) is 13.2 Å². The van der Waals surface area contributed by atoms with Crippen LogP contribution in [0.5, 0.6) is 0 Å². The molecule has 1 atom stereocenters. The van der Waals surface area contributed by atoms with Crippen LogP contribution in [0.25, 0.3) is 0 Å². The Labute approximate surface area is 242 Å². The Morgan fingerprint density at radius 2 is 1.14 bits per heavy atom. The maximum absolute atomic E-state index is 11.8. The Morgan fingerprint density at radius 1 is 0.750 bits per heavy atom. The molecule has 0 saturated carbocycles. The summed E-state index contributed by atoms with van der Waals surface area (Å²) in [5.74, 6) is -2.15. The van der Waals surface area contributed by atoms with Gasteiger partial charge in [-0.3, -0.25) is 9.59 Å². The molecule has 206 valence electrons. The third-order valence-corrected chi connectivity index (χ3v) is 7.12. The molecule has 0 aromatic heterocycles. The molecule has 0 N–H and O–H groups in total. The number of hydrogen-bond donors (Lipinski definition) is 0. The van der Waals surface area contributed by atoms with E-state index >= 15 is 0 Å². The van der Waals surface area contributed by atoms with Crippen molar-refractivity contribution >= 4 is 22.1 Å². The summed E-state index contributed by atoms with van der Waals surface area (Å²) in [4.78, 5) is 23.5. The first-order valence-corrected chi connectivity index (χ1v) is 15.2. The monoisotopic (exact) mass is 540 g/mol. The molecule has 0 aliphatic heterocycles. The molecule has 7 nitrogen and oxygen atoms in total. The molecule has 0 aromatic rings. The Morgan fingerprint density at radius 3 is 1.50 bits per heavy atom. The van der Waals surface area contributed by atoms with Gasteiger partial charge < -0.3 is 14.0 Å². The number of ether oxygens (including phenoxy) is 2. The van der Waals surface area contributed by atoms with Gasteiger partial charge in [0.05, 0.1) is 13.0 Å². The van der Waals surface area contributed by atoms with Gasteiger partial charge >= 0.3 is 41.5 Å². The zero-order chi connectivity index (χ0) is 26.2. The molecule has 0 saturated heterocycles. The number of carbonyl (C=O) groups is 2. The Bertz CT molecular complexity index is 653. The predicted molar refractivity (Wildman–Crippen MR) is 139 cm³/mol. The van der Waals surface area contributed by atoms with Gasteiger partial charge in [-0.05, 0) is 6.42 Å². The van der Waals surface area contributed by atoms with E-state index in [2.05, 4.69) is 18.2 Å². The average Bonchev–Trinajstić information content (AvgIpc) is 2.81. The van der Waals surface area contributed by atoms with Crippen LogP contribution in [0.15, 0.2) is 12.7 Å². The quantitative estimate of drug-likeness (QED) is 0.0572. The standard InChI is InChI=1S/C27H50O7S.Na/c1-3-5-6-7-8-9-10-11-12-13-14-15-16-17-18-19-20-21-23-33-26(28)24-25(35(30,31)32)27(29)34-22-4-2;/h4,25H,2-3,5-24H2,1H3,(H,30,31,32);/q;+1/p-1. The molecule has 36 heavy (non-hydrogen) atoms. The van der Waals surface area contributed by atoms with Crippen LogP contribution in [-0.4, -0.2) is 43.4 Å². The Hall–Kier alpha value is -0.410. The number of hydrogen-bond acceptors (Lipinski definition) is 7. The van der Waals surface area contributed by atoms with Crippen LogP contribution in [0.2, 0.25) is 0 Å². The molecule has 0 aliphatic carbocycles. The molecule has 0 aliphatic rings. The summed E-state index contributed by atoms with van der Waals surface area (Å²) in [5.41, 5.74) is 0. The first-order chi connectivity index (χ1) is 16.8. The Balaban J connectivity index is 0. The summed E-state index contributed by atoms with van der Waals surface area (Å²) in [6, 6.07) is 0. The van der Waals surface area contributed by atoms with Crippen LogP contribution in [0.1, 0.15) is 129 Å². The maximum Gasteiger partial charge on any atom is 1.00 e. The van der Waals surface area contributed by atoms with E-state index in [-0.39, 0.29) is 42.8 Å². The summed E-state index contributed by atoms with van der Waals surface area (Å²) in [7, 11) is -5.01. The van der Waals surface area contributed by atoms with E-state index in [1.54, 1.807) is 0 Å². The minimum absolute atomic E-state index is 0. The second-order valence-electron chi connectivity index (χ2n) is 9.34. The molecule has 0 rings (SSSR count). The fourth-order valence-corrected chi connectivity index (χ4v) is 4.58. The smallest absolute Gasteiger partial charge is 0.747 e. The van der Waals surface area contributed by atoms with Crippen molar-refractivity contribution in [1.82, 2.24) is 0 Å². The molecule has 0 amide bonds. The van der Waals surface area contributed by atoms with Crippen molar-refractivity contribution in [3.8, 4) is 0 Å². The number of rotatable bonds is 25. The van der Waals surface area contributed by atoms with Crippen LogP contribution < -0.4 is 29.6 Å². The first-order valence-electron chi connectivity index (χ1n) is 13.7. The van der Waals surface area contributed by atoms with Crippen molar-refractivity contribution in [3.63, 3.8) is 0 Å². The van der Waals surface area contributed by atoms with Gasteiger partial charge in [0.25, 0.3) is 0 Å². The summed E-state index contributed by atoms with van der Waals surface area (Å²) >= 11 is 0. The van der Waals surface area contributed by atoms with Gasteiger partial charge in [0.1, 0.15) is 16.7 Å². The van der Waals surface area contributed by atoms with Gasteiger partial charge in [-0.25, -0.2) is 8.42 Å². The van der Waals surface area contributed by atoms with Gasteiger partial charge in [-0.2, -0.15) is 0 Å². The van der Waals surface area contributed by atoms with Crippen molar-refractivity contribution in [2.24, 2.45) is 0 Å². The van der Waals surface area contributed by atoms with Crippen LogP contribution in [0, 0.1) is 0 Å². The third kappa shape index (κ3) is 24.0. The topological polar surface area (TPSA) is 110 Å². The molecule has 0 bridgehead atoms. The second-order valence-corrected chi connectivity index (χ2v) is 10.9. The van der Waals surface area contributed by atoms with E-state index in [1.165, 1.54) is 96.0 Å². The molecule has 0 radical (unpaired) electrons. The maximum atomic E-state index is 11.8. The number of esters is 2. The van der Waals surface area contributed by atoms with Crippen molar-refractivity contribution < 1.29 is 61.6 Å². The largest absolute Gasteiger partial charge is 1.00 e. The zero-order valence-electron chi connectivity index (χ0n) is 23.0. The SMILES string of the molecule is C=CCOC(=O)C(CC(=O)OCCCCCCCCCCCCCCCCCCCC)S(=O)(=O)[O-].[Na+]. The van der Waals surface area contributed by atoms with E-state index in [0.29, 0.717) is 6.42 Å². The molecular formula is C27H49NaO7S. The zero-order valence-corrected chi connectivity index (χ0v) is 25.8. The molecule has 0 aromatic carbocycles. The first kappa shape index (κ1) is 37.7. The fraction of sp³-hybridized carbons (Fsp3) is 0.852. The van der Waals surface area contributed by atoms with Crippen LogP contribution in [0.3, 0.4) is 0 Å². The van der Waals surface area contributed by atoms with E-state index in [9.17, 15) is 22.6 Å². The number of unbranched alkanes of at least 4 members (excludes halogenated alkanes) is 17. The van der Waals surface area contributed by atoms with Crippen LogP contribution in [-0.2, 0) is 29.2 Å². The molecular weight excluding hydrogens is 491 g/mol. The van der Waals surface area contributed by atoms with Crippen molar-refractivity contribution in [2.45, 2.75) is 134 Å². The summed E-state index contributed by atoms with van der Waals surface area (Å²) in [5, 5.41) is -2.09. The van der Waals surface area contributed by atoms with E-state index in [0.717, 1.165) is 19.3 Å². The van der Waals surface area contributed by atoms with Crippen molar-refractivity contribution in [3.05, 3.63) is 12.7 Å². The van der Waals surface area contributed by atoms with E-state index in [4.69, 9.17) is 4.74 Å². The molecule has 0 fully saturated rings.